The molecule has 25 heavy (non-hydrogen) atoms. The highest BCUT2D eigenvalue weighted by atomic mass is 35.5. The number of piperidine rings is 1. The minimum atomic E-state index is -0.729. The molecule has 0 saturated carbocycles. The molecule has 2 aromatic carbocycles. The molecule has 1 N–H and O–H groups in total. The van der Waals surface area contributed by atoms with Gasteiger partial charge in [-0.25, -0.2) is 0 Å². The predicted octanol–water partition coefficient (Wildman–Crippen LogP) is 4.13. The van der Waals surface area contributed by atoms with E-state index in [-0.39, 0.29) is 12.4 Å². The van der Waals surface area contributed by atoms with Crippen LogP contribution >= 0.6 is 12.4 Å². The smallest absolute Gasteiger partial charge is 0.119 e. The third-order valence-corrected chi connectivity index (χ3v) is 5.73. The maximum atomic E-state index is 11.3. The lowest BCUT2D eigenvalue weighted by atomic mass is 9.80. The maximum absolute atomic E-state index is 11.3. The third kappa shape index (κ3) is 3.55. The van der Waals surface area contributed by atoms with E-state index in [9.17, 15) is 5.11 Å². The Balaban J connectivity index is 0.00000182. The average molecular weight is 360 g/mol. The zero-order valence-electron chi connectivity index (χ0n) is 14.6. The van der Waals surface area contributed by atoms with Gasteiger partial charge in [0.25, 0.3) is 0 Å². The normalized spacial score (nSPS) is 28.4. The second kappa shape index (κ2) is 7.36. The molecule has 0 radical (unpaired) electrons. The highest BCUT2D eigenvalue weighted by Gasteiger charge is 2.48. The van der Waals surface area contributed by atoms with Crippen molar-refractivity contribution in [2.45, 2.75) is 49.9 Å². The third-order valence-electron chi connectivity index (χ3n) is 5.73. The Morgan fingerprint density at radius 2 is 1.72 bits per heavy atom. The van der Waals surface area contributed by atoms with Crippen LogP contribution in [0.15, 0.2) is 54.6 Å². The molecular weight excluding hydrogens is 334 g/mol. The number of nitrogens with zero attached hydrogens (tertiary/aromatic N) is 1. The van der Waals surface area contributed by atoms with Gasteiger partial charge in [0.2, 0.25) is 0 Å². The van der Waals surface area contributed by atoms with Gasteiger partial charge in [-0.3, -0.25) is 4.90 Å². The summed E-state index contributed by atoms with van der Waals surface area (Å²) in [6, 6.07) is 19.5. The summed E-state index contributed by atoms with van der Waals surface area (Å²) in [7, 11) is 1.68. The molecule has 2 saturated heterocycles. The first kappa shape index (κ1) is 18.2. The highest BCUT2D eigenvalue weighted by molar-refractivity contribution is 5.85. The van der Waals surface area contributed by atoms with Gasteiger partial charge < -0.3 is 9.84 Å². The van der Waals surface area contributed by atoms with Crippen molar-refractivity contribution >= 4 is 12.4 Å². The summed E-state index contributed by atoms with van der Waals surface area (Å²) in [6.07, 6.45) is 3.99. The molecule has 0 aliphatic carbocycles. The minimum absolute atomic E-state index is 0. The summed E-state index contributed by atoms with van der Waals surface area (Å²) in [6.45, 7) is 0.990. The Kier molecular flexibility index (Phi) is 5.38. The van der Waals surface area contributed by atoms with Crippen molar-refractivity contribution in [1.29, 1.82) is 0 Å². The molecule has 0 spiro atoms. The average Bonchev–Trinajstić information content (AvgIpc) is 2.86. The molecule has 0 aromatic heterocycles. The molecule has 1 unspecified atom stereocenters. The van der Waals surface area contributed by atoms with Crippen LogP contribution in [-0.4, -0.2) is 29.2 Å². The van der Waals surface area contributed by atoms with Gasteiger partial charge in [0.1, 0.15) is 5.75 Å². The van der Waals surface area contributed by atoms with E-state index in [1.165, 1.54) is 18.4 Å². The first-order valence-electron chi connectivity index (χ1n) is 8.84. The molecule has 4 heteroatoms. The Morgan fingerprint density at radius 3 is 2.36 bits per heavy atom. The van der Waals surface area contributed by atoms with Crippen molar-refractivity contribution in [3.8, 4) is 5.75 Å². The summed E-state index contributed by atoms with van der Waals surface area (Å²) in [5, 5.41) is 11.3. The second-order valence-corrected chi connectivity index (χ2v) is 7.21. The Labute approximate surface area is 156 Å². The molecule has 2 aliphatic rings. The number of fused-ring (bicyclic) bond motifs is 2. The molecule has 0 amide bonds. The van der Waals surface area contributed by atoms with E-state index in [1.54, 1.807) is 7.11 Å². The van der Waals surface area contributed by atoms with Crippen LogP contribution in [0.3, 0.4) is 0 Å². The fraction of sp³-hybridized carbons (Fsp3) is 0.429. The standard InChI is InChI=1S/C21H25NO2.ClH/c1-24-20-9-5-8-17(12-20)21(23)13-18-10-11-19(14-21)22(18)15-16-6-3-2-4-7-16;/h2-9,12,18-19,23H,10-11,13-15H2,1H3;1H/t18-,19+,21?;. The van der Waals surface area contributed by atoms with Crippen LogP contribution < -0.4 is 4.74 Å². The quantitative estimate of drug-likeness (QED) is 0.890. The molecule has 2 aliphatic heterocycles. The molecule has 3 atom stereocenters. The van der Waals surface area contributed by atoms with E-state index in [1.807, 2.05) is 24.3 Å². The van der Waals surface area contributed by atoms with Crippen LogP contribution in [0, 0.1) is 0 Å². The van der Waals surface area contributed by atoms with E-state index >= 15 is 0 Å². The molecular formula is C21H26ClNO2. The number of methoxy groups -OCH3 is 1. The number of hydrogen-bond acceptors (Lipinski definition) is 3. The molecule has 134 valence electrons. The van der Waals surface area contributed by atoms with Gasteiger partial charge in [0.15, 0.2) is 0 Å². The van der Waals surface area contributed by atoms with Crippen LogP contribution in [0.25, 0.3) is 0 Å². The fourth-order valence-corrected chi connectivity index (χ4v) is 4.52. The number of rotatable bonds is 4. The SMILES string of the molecule is COc1cccc(C2(O)C[C@H]3CC[C@@H](C2)N3Cc2ccccc2)c1.Cl. The molecule has 2 fully saturated rings. The van der Waals surface area contributed by atoms with Gasteiger partial charge >= 0.3 is 0 Å². The van der Waals surface area contributed by atoms with E-state index in [0.717, 1.165) is 30.7 Å². The van der Waals surface area contributed by atoms with Crippen molar-refractivity contribution in [2.75, 3.05) is 7.11 Å². The zero-order chi connectivity index (χ0) is 16.6. The number of aliphatic hydroxyl groups is 1. The van der Waals surface area contributed by atoms with Crippen LogP contribution in [0.4, 0.5) is 0 Å². The Hall–Kier alpha value is -1.55. The van der Waals surface area contributed by atoms with Gasteiger partial charge in [-0.15, -0.1) is 12.4 Å². The summed E-state index contributed by atoms with van der Waals surface area (Å²) in [4.78, 5) is 2.60. The fourth-order valence-electron chi connectivity index (χ4n) is 4.52. The van der Waals surface area contributed by atoms with Gasteiger partial charge in [0, 0.05) is 18.6 Å². The maximum Gasteiger partial charge on any atom is 0.119 e. The van der Waals surface area contributed by atoms with E-state index in [4.69, 9.17) is 4.74 Å². The number of hydrogen-bond donors (Lipinski definition) is 1. The van der Waals surface area contributed by atoms with Crippen molar-refractivity contribution in [2.24, 2.45) is 0 Å². The largest absolute Gasteiger partial charge is 0.497 e. The summed E-state index contributed by atoms with van der Waals surface area (Å²) in [5.41, 5.74) is 1.63. The lowest BCUT2D eigenvalue weighted by Gasteiger charge is -2.44. The van der Waals surface area contributed by atoms with Gasteiger partial charge in [-0.2, -0.15) is 0 Å². The first-order chi connectivity index (χ1) is 11.7. The molecule has 2 heterocycles. The topological polar surface area (TPSA) is 32.7 Å². The van der Waals surface area contributed by atoms with Crippen LogP contribution in [-0.2, 0) is 12.1 Å². The van der Waals surface area contributed by atoms with Crippen LogP contribution in [0.5, 0.6) is 5.75 Å². The van der Waals surface area contributed by atoms with Crippen LogP contribution in [0.2, 0.25) is 0 Å². The van der Waals surface area contributed by atoms with E-state index in [0.29, 0.717) is 12.1 Å². The lowest BCUT2D eigenvalue weighted by Crippen LogP contribution is -2.49. The number of halogens is 1. The molecule has 3 nitrogen and oxygen atoms in total. The number of ether oxygens (including phenoxy) is 1. The minimum Gasteiger partial charge on any atom is -0.497 e. The Bertz CT molecular complexity index is 692. The van der Waals surface area contributed by atoms with Gasteiger partial charge in [0.05, 0.1) is 12.7 Å². The first-order valence-corrected chi connectivity index (χ1v) is 8.84. The van der Waals surface area contributed by atoms with Crippen molar-refractivity contribution in [1.82, 2.24) is 4.90 Å². The molecule has 4 rings (SSSR count). The number of benzene rings is 2. The molecule has 2 aromatic rings. The van der Waals surface area contributed by atoms with Gasteiger partial charge in [-0.1, -0.05) is 42.5 Å². The predicted molar refractivity (Wildman–Crippen MR) is 102 cm³/mol. The van der Waals surface area contributed by atoms with Gasteiger partial charge in [-0.05, 0) is 48.9 Å². The summed E-state index contributed by atoms with van der Waals surface area (Å²) in [5.74, 6) is 0.819. The summed E-state index contributed by atoms with van der Waals surface area (Å²) >= 11 is 0. The van der Waals surface area contributed by atoms with Crippen molar-refractivity contribution < 1.29 is 9.84 Å². The van der Waals surface area contributed by atoms with Crippen molar-refractivity contribution in [3.63, 3.8) is 0 Å². The Morgan fingerprint density at radius 1 is 1.04 bits per heavy atom. The van der Waals surface area contributed by atoms with Crippen molar-refractivity contribution in [3.05, 3.63) is 65.7 Å². The molecule has 2 bridgehead atoms. The summed E-state index contributed by atoms with van der Waals surface area (Å²) < 4.78 is 5.34. The zero-order valence-corrected chi connectivity index (χ0v) is 15.4. The monoisotopic (exact) mass is 359 g/mol. The second-order valence-electron chi connectivity index (χ2n) is 7.21. The van der Waals surface area contributed by atoms with E-state index < -0.39 is 5.60 Å². The van der Waals surface area contributed by atoms with Crippen LogP contribution in [0.1, 0.15) is 36.8 Å². The lowest BCUT2D eigenvalue weighted by molar-refractivity contribution is -0.0596. The highest BCUT2D eigenvalue weighted by Crippen LogP contribution is 2.46. The van der Waals surface area contributed by atoms with E-state index in [2.05, 4.69) is 35.2 Å².